The van der Waals surface area contributed by atoms with E-state index in [1.165, 1.54) is 4.90 Å². The number of oxazole rings is 1. The maximum atomic E-state index is 12.1. The maximum Gasteiger partial charge on any atom is 0.308 e. The molecule has 1 aromatic carbocycles. The average Bonchev–Trinajstić information content (AvgIpc) is 3.17. The van der Waals surface area contributed by atoms with E-state index < -0.39 is 11.9 Å². The van der Waals surface area contributed by atoms with Crippen molar-refractivity contribution < 1.29 is 19.1 Å². The van der Waals surface area contributed by atoms with Crippen LogP contribution in [0.4, 0.5) is 5.69 Å². The Balaban J connectivity index is 1.69. The molecule has 126 valence electrons. The normalized spacial score (nSPS) is 17.4. The molecule has 1 N–H and O–H groups in total. The van der Waals surface area contributed by atoms with Crippen LogP contribution in [0.2, 0.25) is 0 Å². The lowest BCUT2D eigenvalue weighted by atomic mass is 10.1. The van der Waals surface area contributed by atoms with Crippen LogP contribution in [0.5, 0.6) is 0 Å². The Morgan fingerprint density at radius 2 is 2.16 bits per heavy atom. The second kappa shape index (κ2) is 5.96. The highest BCUT2D eigenvalue weighted by atomic mass is 79.9. The van der Waals surface area contributed by atoms with Crippen molar-refractivity contribution in [2.75, 3.05) is 11.4 Å². The number of halogens is 1. The van der Waals surface area contributed by atoms with Gasteiger partial charge in [-0.25, -0.2) is 4.98 Å². The third-order valence-electron chi connectivity index (χ3n) is 4.11. The fourth-order valence-corrected chi connectivity index (χ4v) is 3.22. The van der Waals surface area contributed by atoms with Crippen molar-refractivity contribution in [1.82, 2.24) is 9.97 Å². The predicted octanol–water partition coefficient (Wildman–Crippen LogP) is 3.09. The summed E-state index contributed by atoms with van der Waals surface area (Å²) in [4.78, 5) is 33.2. The topological polar surface area (TPSA) is 96.5 Å². The number of aliphatic carboxylic acids is 1. The van der Waals surface area contributed by atoms with Gasteiger partial charge >= 0.3 is 5.97 Å². The number of benzene rings is 1. The van der Waals surface area contributed by atoms with E-state index in [1.807, 2.05) is 6.07 Å². The molecule has 7 nitrogen and oxygen atoms in total. The summed E-state index contributed by atoms with van der Waals surface area (Å²) in [5.74, 6) is -1.41. The number of anilines is 1. The molecule has 4 rings (SSSR count). The summed E-state index contributed by atoms with van der Waals surface area (Å²) in [5, 5.41) is 9.10. The van der Waals surface area contributed by atoms with E-state index in [0.29, 0.717) is 22.7 Å². The van der Waals surface area contributed by atoms with Gasteiger partial charge in [0.2, 0.25) is 11.8 Å². The standard InChI is InChI=1S/C17H12BrN3O4/c18-11-3-9(6-19-7-11)16-20-13-2-1-12(5-14(13)25-16)21-8-10(17(23)24)4-15(21)22/h1-3,5-7,10H,4,8H2,(H,23,24)/t10-/m0/s1. The molecule has 0 aliphatic carbocycles. The van der Waals surface area contributed by atoms with Gasteiger partial charge in [-0.2, -0.15) is 0 Å². The number of aromatic nitrogens is 2. The Bertz CT molecular complexity index is 1000. The molecular weight excluding hydrogens is 390 g/mol. The molecule has 0 bridgehead atoms. The molecule has 3 heterocycles. The van der Waals surface area contributed by atoms with Crippen LogP contribution in [0.3, 0.4) is 0 Å². The zero-order chi connectivity index (χ0) is 17.6. The largest absolute Gasteiger partial charge is 0.481 e. The Hall–Kier alpha value is -2.74. The van der Waals surface area contributed by atoms with Gasteiger partial charge in [0, 0.05) is 41.6 Å². The summed E-state index contributed by atoms with van der Waals surface area (Å²) in [6.07, 6.45) is 3.33. The van der Waals surface area contributed by atoms with Crippen LogP contribution in [0.1, 0.15) is 6.42 Å². The number of nitrogens with zero attached hydrogens (tertiary/aromatic N) is 3. The number of carbonyl (C=O) groups is 2. The summed E-state index contributed by atoms with van der Waals surface area (Å²) in [5.41, 5.74) is 2.52. The molecule has 0 spiro atoms. The van der Waals surface area contributed by atoms with Crippen LogP contribution in [0.25, 0.3) is 22.6 Å². The lowest BCUT2D eigenvalue weighted by molar-refractivity contribution is -0.141. The van der Waals surface area contributed by atoms with Gasteiger partial charge in [0.05, 0.1) is 11.5 Å². The Morgan fingerprint density at radius 3 is 2.88 bits per heavy atom. The maximum absolute atomic E-state index is 12.1. The van der Waals surface area contributed by atoms with Crippen molar-refractivity contribution in [2.45, 2.75) is 6.42 Å². The molecule has 1 amide bonds. The summed E-state index contributed by atoms with van der Waals surface area (Å²) in [6, 6.07) is 7.06. The van der Waals surface area contributed by atoms with Gasteiger partial charge in [-0.15, -0.1) is 0 Å². The molecule has 1 aliphatic heterocycles. The van der Waals surface area contributed by atoms with Crippen LogP contribution in [-0.2, 0) is 9.59 Å². The van der Waals surface area contributed by atoms with E-state index in [-0.39, 0.29) is 18.9 Å². The number of hydrogen-bond donors (Lipinski definition) is 1. The SMILES string of the molecule is O=C(O)[C@H]1CC(=O)N(c2ccc3nc(-c4cncc(Br)c4)oc3c2)C1. The Morgan fingerprint density at radius 1 is 1.32 bits per heavy atom. The molecule has 0 saturated carbocycles. The van der Waals surface area contributed by atoms with Crippen molar-refractivity contribution in [3.05, 3.63) is 41.1 Å². The monoisotopic (exact) mass is 401 g/mol. The van der Waals surface area contributed by atoms with Gasteiger partial charge in [0.1, 0.15) is 5.52 Å². The van der Waals surface area contributed by atoms with E-state index >= 15 is 0 Å². The predicted molar refractivity (Wildman–Crippen MR) is 93.0 cm³/mol. The van der Waals surface area contributed by atoms with Crippen LogP contribution < -0.4 is 4.90 Å². The fraction of sp³-hybridized carbons (Fsp3) is 0.176. The number of hydrogen-bond acceptors (Lipinski definition) is 5. The molecule has 0 unspecified atom stereocenters. The van der Waals surface area contributed by atoms with Crippen LogP contribution in [0.15, 0.2) is 45.5 Å². The first-order valence-corrected chi connectivity index (χ1v) is 8.35. The highest BCUT2D eigenvalue weighted by molar-refractivity contribution is 9.10. The third-order valence-corrected chi connectivity index (χ3v) is 4.54. The number of rotatable bonds is 3. The Kier molecular flexibility index (Phi) is 3.76. The lowest BCUT2D eigenvalue weighted by Gasteiger charge is -2.15. The van der Waals surface area contributed by atoms with Gasteiger partial charge in [0.25, 0.3) is 0 Å². The quantitative estimate of drug-likeness (QED) is 0.723. The molecule has 1 saturated heterocycles. The molecule has 8 heteroatoms. The number of carboxylic acid groups (broad SMARTS) is 1. The summed E-state index contributed by atoms with van der Waals surface area (Å²) in [7, 11) is 0. The zero-order valence-electron chi connectivity index (χ0n) is 12.8. The first kappa shape index (κ1) is 15.8. The van der Waals surface area contributed by atoms with Gasteiger partial charge in [0.15, 0.2) is 5.58 Å². The second-order valence-electron chi connectivity index (χ2n) is 5.81. The lowest BCUT2D eigenvalue weighted by Crippen LogP contribution is -2.25. The summed E-state index contributed by atoms with van der Waals surface area (Å²) < 4.78 is 6.61. The number of carboxylic acids is 1. The highest BCUT2D eigenvalue weighted by Crippen LogP contribution is 2.31. The van der Waals surface area contributed by atoms with E-state index in [4.69, 9.17) is 9.52 Å². The minimum atomic E-state index is -0.957. The van der Waals surface area contributed by atoms with Crippen LogP contribution in [-0.4, -0.2) is 33.5 Å². The molecule has 0 radical (unpaired) electrons. The molecule has 1 atom stereocenters. The van der Waals surface area contributed by atoms with E-state index in [0.717, 1.165) is 10.0 Å². The summed E-state index contributed by atoms with van der Waals surface area (Å²) >= 11 is 3.36. The molecular formula is C17H12BrN3O4. The molecule has 1 aliphatic rings. The van der Waals surface area contributed by atoms with Crippen molar-refractivity contribution in [3.63, 3.8) is 0 Å². The van der Waals surface area contributed by atoms with E-state index in [2.05, 4.69) is 25.9 Å². The van der Waals surface area contributed by atoms with Crippen LogP contribution in [0, 0.1) is 5.92 Å². The van der Waals surface area contributed by atoms with Crippen LogP contribution >= 0.6 is 15.9 Å². The van der Waals surface area contributed by atoms with E-state index in [9.17, 15) is 9.59 Å². The molecule has 2 aromatic heterocycles. The van der Waals surface area contributed by atoms with Gasteiger partial charge < -0.3 is 14.4 Å². The van der Waals surface area contributed by atoms with Crippen molar-refractivity contribution >= 4 is 44.6 Å². The minimum absolute atomic E-state index is 0.0126. The number of carbonyl (C=O) groups excluding carboxylic acids is 1. The highest BCUT2D eigenvalue weighted by Gasteiger charge is 2.35. The Labute approximate surface area is 150 Å². The smallest absolute Gasteiger partial charge is 0.308 e. The summed E-state index contributed by atoms with van der Waals surface area (Å²) in [6.45, 7) is 0.163. The first-order valence-electron chi connectivity index (χ1n) is 7.56. The van der Waals surface area contributed by atoms with Gasteiger partial charge in [-0.3, -0.25) is 14.6 Å². The van der Waals surface area contributed by atoms with Crippen molar-refractivity contribution in [3.8, 4) is 11.5 Å². The minimum Gasteiger partial charge on any atom is -0.481 e. The third kappa shape index (κ3) is 2.89. The first-order chi connectivity index (χ1) is 12.0. The number of amides is 1. The van der Waals surface area contributed by atoms with E-state index in [1.54, 1.807) is 30.6 Å². The van der Waals surface area contributed by atoms with Gasteiger partial charge in [-0.05, 0) is 34.1 Å². The van der Waals surface area contributed by atoms with Gasteiger partial charge in [-0.1, -0.05) is 0 Å². The second-order valence-corrected chi connectivity index (χ2v) is 6.72. The van der Waals surface area contributed by atoms with Crippen molar-refractivity contribution in [2.24, 2.45) is 5.92 Å². The number of pyridine rings is 1. The van der Waals surface area contributed by atoms with Crippen molar-refractivity contribution in [1.29, 1.82) is 0 Å². The average molecular weight is 402 g/mol. The number of fused-ring (bicyclic) bond motifs is 1. The zero-order valence-corrected chi connectivity index (χ0v) is 14.4. The molecule has 3 aromatic rings. The fourth-order valence-electron chi connectivity index (χ4n) is 2.86. The molecule has 1 fully saturated rings. The molecule has 25 heavy (non-hydrogen) atoms.